The van der Waals surface area contributed by atoms with Gasteiger partial charge >= 0.3 is 12.0 Å². The van der Waals surface area contributed by atoms with Crippen LogP contribution in [-0.4, -0.2) is 45.9 Å². The van der Waals surface area contributed by atoms with Gasteiger partial charge in [-0.1, -0.05) is 6.07 Å². The van der Waals surface area contributed by atoms with E-state index in [0.717, 1.165) is 13.0 Å². The number of amides is 3. The highest BCUT2D eigenvalue weighted by Gasteiger charge is 2.22. The predicted molar refractivity (Wildman–Crippen MR) is 96.0 cm³/mol. The first-order valence-electron chi connectivity index (χ1n) is 8.50. The van der Waals surface area contributed by atoms with Gasteiger partial charge in [0.05, 0.1) is 0 Å². The summed E-state index contributed by atoms with van der Waals surface area (Å²) in [6.45, 7) is 3.14. The van der Waals surface area contributed by atoms with Gasteiger partial charge in [0.25, 0.3) is 0 Å². The molecule has 1 aliphatic heterocycles. The molecular formula is C18H21N5O3. The van der Waals surface area contributed by atoms with Crippen molar-refractivity contribution in [3.8, 4) is 11.8 Å². The number of urea groups is 1. The molecule has 0 bridgehead atoms. The highest BCUT2D eigenvalue weighted by atomic mass is 16.5. The number of aromatic nitrogens is 2. The average Bonchev–Trinajstić information content (AvgIpc) is 3.00. The molecule has 0 spiro atoms. The van der Waals surface area contributed by atoms with E-state index in [9.17, 15) is 9.59 Å². The molecule has 0 aliphatic carbocycles. The Morgan fingerprint density at radius 1 is 1.31 bits per heavy atom. The largest absolute Gasteiger partial charge is 0.424 e. The maximum absolute atomic E-state index is 12.2. The summed E-state index contributed by atoms with van der Waals surface area (Å²) < 4.78 is 5.54. The molecule has 2 aromatic rings. The standard InChI is InChI=1S/C18H21N5O3/c1-13(12-23-10-3-7-16(23)24)21-17(25)22-14-5-2-6-15(11-14)26-18-19-8-4-9-20-18/h2,4-6,8-9,11,13H,3,7,10,12H2,1H3,(H2,21,22,25). The van der Waals surface area contributed by atoms with Gasteiger partial charge in [-0.05, 0) is 31.5 Å². The van der Waals surface area contributed by atoms with Crippen molar-refractivity contribution in [2.45, 2.75) is 25.8 Å². The van der Waals surface area contributed by atoms with Crippen molar-refractivity contribution in [2.75, 3.05) is 18.4 Å². The lowest BCUT2D eigenvalue weighted by molar-refractivity contribution is -0.127. The zero-order valence-electron chi connectivity index (χ0n) is 14.5. The van der Waals surface area contributed by atoms with E-state index in [1.807, 2.05) is 6.92 Å². The van der Waals surface area contributed by atoms with Gasteiger partial charge in [0.1, 0.15) is 5.75 Å². The van der Waals surface area contributed by atoms with E-state index in [2.05, 4.69) is 20.6 Å². The van der Waals surface area contributed by atoms with Crippen molar-refractivity contribution in [1.82, 2.24) is 20.2 Å². The third-order valence-corrected chi connectivity index (χ3v) is 3.89. The summed E-state index contributed by atoms with van der Waals surface area (Å²) in [5.74, 6) is 0.664. The number of nitrogens with one attached hydrogen (secondary N) is 2. The topological polar surface area (TPSA) is 96.5 Å². The van der Waals surface area contributed by atoms with E-state index in [0.29, 0.717) is 24.4 Å². The van der Waals surface area contributed by atoms with Crippen LogP contribution < -0.4 is 15.4 Å². The normalized spacial score (nSPS) is 14.8. The van der Waals surface area contributed by atoms with E-state index < -0.39 is 0 Å². The Labute approximate surface area is 151 Å². The van der Waals surface area contributed by atoms with E-state index >= 15 is 0 Å². The van der Waals surface area contributed by atoms with Crippen LogP contribution in [0.3, 0.4) is 0 Å². The molecule has 8 nitrogen and oxygen atoms in total. The number of carbonyl (C=O) groups is 2. The molecule has 136 valence electrons. The van der Waals surface area contributed by atoms with Gasteiger partial charge in [-0.2, -0.15) is 0 Å². The molecule has 1 unspecified atom stereocenters. The molecule has 2 N–H and O–H groups in total. The molecule has 1 fully saturated rings. The SMILES string of the molecule is CC(CN1CCCC1=O)NC(=O)Nc1cccc(Oc2ncccn2)c1. The molecule has 8 heteroatoms. The number of rotatable bonds is 6. The Morgan fingerprint density at radius 2 is 2.12 bits per heavy atom. The van der Waals surface area contributed by atoms with Crippen LogP contribution in [0.15, 0.2) is 42.7 Å². The van der Waals surface area contributed by atoms with Gasteiger partial charge in [0.15, 0.2) is 0 Å². The zero-order valence-corrected chi connectivity index (χ0v) is 14.5. The van der Waals surface area contributed by atoms with Crippen molar-refractivity contribution >= 4 is 17.6 Å². The van der Waals surface area contributed by atoms with Crippen LogP contribution >= 0.6 is 0 Å². The monoisotopic (exact) mass is 355 g/mol. The van der Waals surface area contributed by atoms with Crippen molar-refractivity contribution in [3.63, 3.8) is 0 Å². The molecule has 3 rings (SSSR count). The first kappa shape index (κ1) is 17.7. The van der Waals surface area contributed by atoms with Crippen molar-refractivity contribution < 1.29 is 14.3 Å². The van der Waals surface area contributed by atoms with E-state index in [1.165, 1.54) is 0 Å². The highest BCUT2D eigenvalue weighted by molar-refractivity contribution is 5.89. The Kier molecular flexibility index (Phi) is 5.62. The Hall–Kier alpha value is -3.16. The fourth-order valence-corrected chi connectivity index (χ4v) is 2.75. The Morgan fingerprint density at radius 3 is 2.85 bits per heavy atom. The molecule has 1 atom stereocenters. The lowest BCUT2D eigenvalue weighted by Gasteiger charge is -2.21. The molecule has 1 aromatic heterocycles. The maximum Gasteiger partial charge on any atom is 0.321 e. The Bertz CT molecular complexity index is 768. The number of anilines is 1. The Balaban J connectivity index is 1.52. The first-order chi connectivity index (χ1) is 12.6. The minimum absolute atomic E-state index is 0.144. The summed E-state index contributed by atoms with van der Waals surface area (Å²) in [7, 11) is 0. The van der Waals surface area contributed by atoms with Crippen molar-refractivity contribution in [3.05, 3.63) is 42.7 Å². The second-order valence-corrected chi connectivity index (χ2v) is 6.10. The number of hydrogen-bond donors (Lipinski definition) is 2. The summed E-state index contributed by atoms with van der Waals surface area (Å²) >= 11 is 0. The summed E-state index contributed by atoms with van der Waals surface area (Å²) in [6.07, 6.45) is 4.65. The predicted octanol–water partition coefficient (Wildman–Crippen LogP) is 2.40. The number of likely N-dealkylation sites (tertiary alicyclic amines) is 1. The molecule has 2 heterocycles. The number of hydrogen-bond acceptors (Lipinski definition) is 5. The van der Waals surface area contributed by atoms with Crippen LogP contribution in [0.4, 0.5) is 10.5 Å². The molecule has 1 aliphatic rings. The van der Waals surface area contributed by atoms with Gasteiger partial charge in [-0.3, -0.25) is 4.79 Å². The molecular weight excluding hydrogens is 334 g/mol. The minimum Gasteiger partial charge on any atom is -0.424 e. The van der Waals surface area contributed by atoms with Crippen LogP contribution in [0.25, 0.3) is 0 Å². The highest BCUT2D eigenvalue weighted by Crippen LogP contribution is 2.21. The van der Waals surface area contributed by atoms with Gasteiger partial charge in [-0.25, -0.2) is 14.8 Å². The fraction of sp³-hybridized carbons (Fsp3) is 0.333. The molecule has 1 saturated heterocycles. The van der Waals surface area contributed by atoms with Crippen LogP contribution in [0, 0.1) is 0 Å². The molecule has 0 radical (unpaired) electrons. The van der Waals surface area contributed by atoms with Crippen molar-refractivity contribution in [1.29, 1.82) is 0 Å². The summed E-state index contributed by atoms with van der Waals surface area (Å²) in [5, 5.41) is 5.60. The average molecular weight is 355 g/mol. The van der Waals surface area contributed by atoms with Gasteiger partial charge in [0, 0.05) is 49.7 Å². The maximum atomic E-state index is 12.2. The number of ether oxygens (including phenoxy) is 1. The molecule has 3 amide bonds. The third-order valence-electron chi connectivity index (χ3n) is 3.89. The second kappa shape index (κ2) is 8.28. The van der Waals surface area contributed by atoms with Gasteiger partial charge in [0.2, 0.25) is 5.91 Å². The lowest BCUT2D eigenvalue weighted by atomic mass is 10.3. The van der Waals surface area contributed by atoms with E-state index in [-0.39, 0.29) is 24.0 Å². The van der Waals surface area contributed by atoms with E-state index in [1.54, 1.807) is 47.6 Å². The van der Waals surface area contributed by atoms with Crippen LogP contribution in [0.2, 0.25) is 0 Å². The number of carbonyl (C=O) groups excluding carboxylic acids is 2. The lowest BCUT2D eigenvalue weighted by Crippen LogP contribution is -2.44. The smallest absolute Gasteiger partial charge is 0.321 e. The second-order valence-electron chi connectivity index (χ2n) is 6.10. The minimum atomic E-state index is -0.336. The van der Waals surface area contributed by atoms with Gasteiger partial charge < -0.3 is 20.3 Å². The van der Waals surface area contributed by atoms with Crippen LogP contribution in [0.1, 0.15) is 19.8 Å². The first-order valence-corrected chi connectivity index (χ1v) is 8.50. The number of nitrogens with zero attached hydrogens (tertiary/aromatic N) is 3. The quantitative estimate of drug-likeness (QED) is 0.829. The number of benzene rings is 1. The molecule has 1 aromatic carbocycles. The third kappa shape index (κ3) is 4.92. The molecule has 0 saturated carbocycles. The summed E-state index contributed by atoms with van der Waals surface area (Å²) in [5.41, 5.74) is 0.584. The van der Waals surface area contributed by atoms with Gasteiger partial charge in [-0.15, -0.1) is 0 Å². The van der Waals surface area contributed by atoms with Crippen molar-refractivity contribution in [2.24, 2.45) is 0 Å². The summed E-state index contributed by atoms with van der Waals surface area (Å²) in [4.78, 5) is 33.6. The zero-order chi connectivity index (χ0) is 18.4. The van der Waals surface area contributed by atoms with E-state index in [4.69, 9.17) is 4.74 Å². The summed E-state index contributed by atoms with van der Waals surface area (Å²) in [6, 6.07) is 8.41. The van der Waals surface area contributed by atoms with Crippen LogP contribution in [0.5, 0.6) is 11.8 Å². The molecule has 26 heavy (non-hydrogen) atoms. The fourth-order valence-electron chi connectivity index (χ4n) is 2.75. The van der Waals surface area contributed by atoms with Crippen LogP contribution in [-0.2, 0) is 4.79 Å².